The lowest BCUT2D eigenvalue weighted by atomic mass is 9.92. The Bertz CT molecular complexity index is 1290. The predicted octanol–water partition coefficient (Wildman–Crippen LogP) is 3.02. The fraction of sp³-hybridized carbons (Fsp3) is 0.417. The Kier molecular flexibility index (Phi) is 5.51. The fourth-order valence-corrected chi connectivity index (χ4v) is 6.46. The molecule has 0 unspecified atom stereocenters. The Balaban J connectivity index is 1.37. The number of piperidine rings is 1. The standard InChI is InChI=1S/C24H28N4O3S/c1-26-24(29)28(21-9-3-2-4-10-21)23(25-26)19-13-15-27(16-14-19)32(30,31)22-12-11-18-7-5-6-8-20(18)17-22/h2-4,9-12,17,19H,5-8,13-16H2,1H3. The number of nitrogens with zero attached hydrogens (tertiary/aromatic N) is 4. The maximum Gasteiger partial charge on any atom is 0.350 e. The van der Waals surface area contributed by atoms with Gasteiger partial charge in [0.25, 0.3) is 0 Å². The minimum Gasteiger partial charge on any atom is -0.247 e. The second kappa shape index (κ2) is 8.33. The molecule has 1 fully saturated rings. The zero-order valence-electron chi connectivity index (χ0n) is 18.3. The zero-order chi connectivity index (χ0) is 22.3. The van der Waals surface area contributed by atoms with Crippen molar-refractivity contribution in [3.63, 3.8) is 0 Å². The first-order valence-electron chi connectivity index (χ1n) is 11.3. The van der Waals surface area contributed by atoms with Gasteiger partial charge in [-0.25, -0.2) is 22.5 Å². The molecule has 0 bridgehead atoms. The van der Waals surface area contributed by atoms with E-state index >= 15 is 0 Å². The van der Waals surface area contributed by atoms with Crippen molar-refractivity contribution in [2.24, 2.45) is 7.05 Å². The van der Waals surface area contributed by atoms with Gasteiger partial charge in [-0.05, 0) is 73.9 Å². The highest BCUT2D eigenvalue weighted by Gasteiger charge is 2.33. The molecule has 0 amide bonds. The molecule has 8 heteroatoms. The molecule has 0 radical (unpaired) electrons. The van der Waals surface area contributed by atoms with Gasteiger partial charge in [-0.2, -0.15) is 9.40 Å². The monoisotopic (exact) mass is 452 g/mol. The molecule has 2 heterocycles. The number of rotatable bonds is 4. The SMILES string of the molecule is Cn1nc(C2CCN(S(=O)(=O)c3ccc4c(c3)CCCC4)CC2)n(-c2ccccc2)c1=O. The second-order valence-corrected chi connectivity index (χ2v) is 10.7. The van der Waals surface area contributed by atoms with Gasteiger partial charge >= 0.3 is 5.69 Å². The minimum absolute atomic E-state index is 0.0269. The number of hydrogen-bond acceptors (Lipinski definition) is 4. The Morgan fingerprint density at radius 1 is 0.938 bits per heavy atom. The largest absolute Gasteiger partial charge is 0.350 e. The summed E-state index contributed by atoms with van der Waals surface area (Å²) in [6.45, 7) is 0.841. The smallest absolute Gasteiger partial charge is 0.247 e. The molecule has 168 valence electrons. The van der Waals surface area contributed by atoms with Gasteiger partial charge in [-0.1, -0.05) is 24.3 Å². The van der Waals surface area contributed by atoms with Crippen molar-refractivity contribution in [3.05, 3.63) is 76.0 Å². The molecule has 32 heavy (non-hydrogen) atoms. The summed E-state index contributed by atoms with van der Waals surface area (Å²) in [6, 6.07) is 15.1. The molecule has 1 aliphatic carbocycles. The van der Waals surface area contributed by atoms with E-state index in [1.54, 1.807) is 22.0 Å². The highest BCUT2D eigenvalue weighted by atomic mass is 32.2. The molecule has 2 aliphatic rings. The van der Waals surface area contributed by atoms with Crippen LogP contribution in [0.3, 0.4) is 0 Å². The Morgan fingerprint density at radius 3 is 2.34 bits per heavy atom. The van der Waals surface area contributed by atoms with Crippen LogP contribution in [-0.4, -0.2) is 40.2 Å². The van der Waals surface area contributed by atoms with Crippen molar-refractivity contribution >= 4 is 10.0 Å². The van der Waals surface area contributed by atoms with E-state index in [0.29, 0.717) is 36.7 Å². The second-order valence-electron chi connectivity index (χ2n) is 8.75. The topological polar surface area (TPSA) is 77.2 Å². The molecular formula is C24H28N4O3S. The quantitative estimate of drug-likeness (QED) is 0.610. The van der Waals surface area contributed by atoms with E-state index in [4.69, 9.17) is 0 Å². The van der Waals surface area contributed by atoms with E-state index in [1.807, 2.05) is 42.5 Å². The van der Waals surface area contributed by atoms with Gasteiger partial charge in [0.2, 0.25) is 10.0 Å². The summed E-state index contributed by atoms with van der Waals surface area (Å²) in [5.41, 5.74) is 3.05. The van der Waals surface area contributed by atoms with E-state index in [9.17, 15) is 13.2 Å². The van der Waals surface area contributed by atoms with Crippen LogP contribution < -0.4 is 5.69 Å². The molecular weight excluding hydrogens is 424 g/mol. The number of fused-ring (bicyclic) bond motifs is 1. The number of aryl methyl sites for hydroxylation is 3. The predicted molar refractivity (Wildman–Crippen MR) is 123 cm³/mol. The molecule has 0 atom stereocenters. The van der Waals surface area contributed by atoms with Crippen LogP contribution in [0, 0.1) is 0 Å². The maximum absolute atomic E-state index is 13.3. The van der Waals surface area contributed by atoms with E-state index in [1.165, 1.54) is 22.2 Å². The Labute approximate surface area is 188 Å². The van der Waals surface area contributed by atoms with Crippen molar-refractivity contribution in [1.29, 1.82) is 0 Å². The molecule has 2 aromatic carbocycles. The molecule has 0 spiro atoms. The summed E-state index contributed by atoms with van der Waals surface area (Å²) in [7, 11) is -1.87. The number of hydrogen-bond donors (Lipinski definition) is 0. The summed E-state index contributed by atoms with van der Waals surface area (Å²) in [5.74, 6) is 0.730. The van der Waals surface area contributed by atoms with Gasteiger partial charge in [0.05, 0.1) is 10.6 Å². The summed E-state index contributed by atoms with van der Waals surface area (Å²) >= 11 is 0. The van der Waals surface area contributed by atoms with Gasteiger partial charge in [0.1, 0.15) is 5.82 Å². The van der Waals surface area contributed by atoms with Crippen molar-refractivity contribution in [3.8, 4) is 5.69 Å². The molecule has 5 rings (SSSR count). The third-order valence-corrected chi connectivity index (χ3v) is 8.64. The minimum atomic E-state index is -3.53. The summed E-state index contributed by atoms with van der Waals surface area (Å²) in [5, 5.41) is 4.50. The summed E-state index contributed by atoms with van der Waals surface area (Å²) in [4.78, 5) is 13.1. The molecule has 1 saturated heterocycles. The summed E-state index contributed by atoms with van der Waals surface area (Å²) in [6.07, 6.45) is 5.55. The molecule has 0 N–H and O–H groups in total. The normalized spacial score (nSPS) is 17.9. The molecule has 1 aliphatic heterocycles. The van der Waals surface area contributed by atoms with Crippen molar-refractivity contribution < 1.29 is 8.42 Å². The number of aromatic nitrogens is 3. The highest BCUT2D eigenvalue weighted by Crippen LogP contribution is 2.31. The first kappa shape index (κ1) is 21.2. The molecule has 0 saturated carbocycles. The van der Waals surface area contributed by atoms with Crippen LogP contribution in [-0.2, 0) is 29.9 Å². The lowest BCUT2D eigenvalue weighted by Gasteiger charge is -2.31. The molecule has 3 aromatic rings. The molecule has 7 nitrogen and oxygen atoms in total. The van der Waals surface area contributed by atoms with Crippen LogP contribution in [0.1, 0.15) is 48.6 Å². The number of benzene rings is 2. The number of sulfonamides is 1. The lowest BCUT2D eigenvalue weighted by Crippen LogP contribution is -2.38. The van der Waals surface area contributed by atoms with Crippen LogP contribution in [0.15, 0.2) is 58.2 Å². The van der Waals surface area contributed by atoms with Gasteiger partial charge in [0, 0.05) is 26.1 Å². The van der Waals surface area contributed by atoms with Crippen LogP contribution in [0.5, 0.6) is 0 Å². The maximum atomic E-state index is 13.3. The van der Waals surface area contributed by atoms with E-state index in [2.05, 4.69) is 5.10 Å². The van der Waals surface area contributed by atoms with Gasteiger partial charge in [-0.3, -0.25) is 0 Å². The first-order valence-corrected chi connectivity index (χ1v) is 12.7. The van der Waals surface area contributed by atoms with Crippen molar-refractivity contribution in [1.82, 2.24) is 18.7 Å². The van der Waals surface area contributed by atoms with Gasteiger partial charge < -0.3 is 0 Å². The van der Waals surface area contributed by atoms with Crippen LogP contribution in [0.2, 0.25) is 0 Å². The third kappa shape index (κ3) is 3.71. The van der Waals surface area contributed by atoms with Crippen LogP contribution >= 0.6 is 0 Å². The fourth-order valence-electron chi connectivity index (χ4n) is 4.94. The van der Waals surface area contributed by atoms with Crippen LogP contribution in [0.25, 0.3) is 5.69 Å². The average Bonchev–Trinajstić information content (AvgIpc) is 3.13. The lowest BCUT2D eigenvalue weighted by molar-refractivity contribution is 0.311. The first-order chi connectivity index (χ1) is 15.4. The number of para-hydroxylation sites is 1. The Hall–Kier alpha value is -2.71. The third-order valence-electron chi connectivity index (χ3n) is 6.74. The average molecular weight is 453 g/mol. The highest BCUT2D eigenvalue weighted by molar-refractivity contribution is 7.89. The zero-order valence-corrected chi connectivity index (χ0v) is 19.1. The summed E-state index contributed by atoms with van der Waals surface area (Å²) < 4.78 is 31.2. The van der Waals surface area contributed by atoms with Crippen LogP contribution in [0.4, 0.5) is 0 Å². The van der Waals surface area contributed by atoms with Gasteiger partial charge in [0.15, 0.2) is 0 Å². The Morgan fingerprint density at radius 2 is 1.62 bits per heavy atom. The molecule has 1 aromatic heterocycles. The van der Waals surface area contributed by atoms with E-state index in [0.717, 1.165) is 24.9 Å². The van der Waals surface area contributed by atoms with Crippen molar-refractivity contribution in [2.75, 3.05) is 13.1 Å². The van der Waals surface area contributed by atoms with E-state index < -0.39 is 10.0 Å². The van der Waals surface area contributed by atoms with Gasteiger partial charge in [-0.15, -0.1) is 0 Å². The van der Waals surface area contributed by atoms with E-state index in [-0.39, 0.29) is 11.6 Å². The van der Waals surface area contributed by atoms with Crippen molar-refractivity contribution in [2.45, 2.75) is 49.3 Å².